The van der Waals surface area contributed by atoms with Crippen molar-refractivity contribution in [3.8, 4) is 23.3 Å². The molecule has 0 saturated carbocycles. The maximum absolute atomic E-state index is 12.7. The highest BCUT2D eigenvalue weighted by Gasteiger charge is 2.14. The number of nitriles is 1. The molecule has 0 aromatic heterocycles. The van der Waals surface area contributed by atoms with Crippen LogP contribution in [-0.4, -0.2) is 12.5 Å². The van der Waals surface area contributed by atoms with Crippen molar-refractivity contribution in [3.05, 3.63) is 122 Å². The number of halogens is 2. The standard InChI is InChI=1S/C33H28Br2N2O4/c1-3-39-31-18-24(13-14-30(31)40-20-23-10-5-4-6-11-23)21-41-32-27(34)16-25(17-28(32)35)15-26(19-36)33(38)37-29-12-8-7-9-22(29)2/h4-18H,3,20-21H2,1-2H3,(H,37,38)/b26-15-. The third kappa shape index (κ3) is 8.23. The summed E-state index contributed by atoms with van der Waals surface area (Å²) < 4.78 is 19.3. The van der Waals surface area contributed by atoms with Crippen LogP contribution in [0.15, 0.2) is 99.4 Å². The number of ether oxygens (including phenoxy) is 3. The minimum absolute atomic E-state index is 0.0150. The molecular formula is C33H28Br2N2O4. The summed E-state index contributed by atoms with van der Waals surface area (Å²) in [5.41, 5.74) is 4.19. The molecule has 0 unspecified atom stereocenters. The third-order valence-corrected chi connectivity index (χ3v) is 7.20. The van der Waals surface area contributed by atoms with Gasteiger partial charge in [-0.1, -0.05) is 54.6 Å². The Balaban J connectivity index is 1.45. The molecule has 0 fully saturated rings. The van der Waals surface area contributed by atoms with Crippen molar-refractivity contribution in [1.82, 2.24) is 0 Å². The maximum atomic E-state index is 12.7. The Kier molecular flexibility index (Phi) is 10.6. The first-order chi connectivity index (χ1) is 19.9. The minimum atomic E-state index is -0.476. The van der Waals surface area contributed by atoms with Crippen LogP contribution in [0.1, 0.15) is 29.2 Å². The van der Waals surface area contributed by atoms with Crippen LogP contribution >= 0.6 is 31.9 Å². The van der Waals surface area contributed by atoms with Gasteiger partial charge in [-0.2, -0.15) is 5.26 Å². The number of nitrogens with one attached hydrogen (secondary N) is 1. The van der Waals surface area contributed by atoms with Gasteiger partial charge in [0.1, 0.15) is 30.6 Å². The number of aryl methyl sites for hydroxylation is 1. The van der Waals surface area contributed by atoms with E-state index in [1.54, 1.807) is 18.2 Å². The van der Waals surface area contributed by atoms with Crippen LogP contribution in [0.3, 0.4) is 0 Å². The number of para-hydroxylation sites is 1. The molecule has 8 heteroatoms. The molecule has 41 heavy (non-hydrogen) atoms. The summed E-state index contributed by atoms with van der Waals surface area (Å²) in [6, 6.07) is 28.7. The smallest absolute Gasteiger partial charge is 0.266 e. The summed E-state index contributed by atoms with van der Waals surface area (Å²) in [6.45, 7) is 5.06. The van der Waals surface area contributed by atoms with Gasteiger partial charge in [0.15, 0.2) is 11.5 Å². The van der Waals surface area contributed by atoms with E-state index in [4.69, 9.17) is 14.2 Å². The number of anilines is 1. The molecule has 0 aliphatic heterocycles. The number of hydrogen-bond donors (Lipinski definition) is 1. The zero-order valence-electron chi connectivity index (χ0n) is 22.6. The molecule has 0 spiro atoms. The van der Waals surface area contributed by atoms with Gasteiger partial charge in [-0.3, -0.25) is 4.79 Å². The Labute approximate surface area is 256 Å². The molecule has 0 bridgehead atoms. The summed E-state index contributed by atoms with van der Waals surface area (Å²) in [5.74, 6) is 1.43. The summed E-state index contributed by atoms with van der Waals surface area (Å²) in [5, 5.41) is 12.4. The van der Waals surface area contributed by atoms with Gasteiger partial charge in [-0.25, -0.2) is 0 Å². The number of benzene rings is 4. The Hall–Kier alpha value is -4.06. The molecule has 0 aliphatic carbocycles. The molecule has 1 N–H and O–H groups in total. The van der Waals surface area contributed by atoms with E-state index in [2.05, 4.69) is 37.2 Å². The lowest BCUT2D eigenvalue weighted by atomic mass is 10.1. The second-order valence-electron chi connectivity index (χ2n) is 9.03. The highest BCUT2D eigenvalue weighted by atomic mass is 79.9. The van der Waals surface area contributed by atoms with Gasteiger partial charge in [0.05, 0.1) is 15.6 Å². The molecule has 208 valence electrons. The second kappa shape index (κ2) is 14.5. The van der Waals surface area contributed by atoms with Crippen LogP contribution in [0.25, 0.3) is 6.08 Å². The predicted molar refractivity (Wildman–Crippen MR) is 168 cm³/mol. The quantitative estimate of drug-likeness (QED) is 0.127. The van der Waals surface area contributed by atoms with E-state index in [0.717, 1.165) is 16.7 Å². The molecule has 4 rings (SSSR count). The lowest BCUT2D eigenvalue weighted by Gasteiger charge is -2.15. The van der Waals surface area contributed by atoms with Crippen molar-refractivity contribution in [2.75, 3.05) is 11.9 Å². The van der Waals surface area contributed by atoms with E-state index in [0.29, 0.717) is 50.7 Å². The maximum Gasteiger partial charge on any atom is 0.266 e. The molecule has 0 aliphatic rings. The van der Waals surface area contributed by atoms with Crippen molar-refractivity contribution in [2.24, 2.45) is 0 Å². The van der Waals surface area contributed by atoms with Crippen molar-refractivity contribution >= 4 is 49.5 Å². The molecule has 6 nitrogen and oxygen atoms in total. The van der Waals surface area contributed by atoms with Crippen molar-refractivity contribution < 1.29 is 19.0 Å². The minimum Gasteiger partial charge on any atom is -0.490 e. The number of carbonyl (C=O) groups excluding carboxylic acids is 1. The number of carbonyl (C=O) groups is 1. The first-order valence-corrected chi connectivity index (χ1v) is 14.5. The van der Waals surface area contributed by atoms with Gasteiger partial charge in [-0.05, 0) is 104 Å². The summed E-state index contributed by atoms with van der Waals surface area (Å²) >= 11 is 7.13. The highest BCUT2D eigenvalue weighted by molar-refractivity contribution is 9.11. The van der Waals surface area contributed by atoms with Crippen LogP contribution in [0, 0.1) is 18.3 Å². The number of rotatable bonds is 11. The Morgan fingerprint density at radius 2 is 1.54 bits per heavy atom. The largest absolute Gasteiger partial charge is 0.490 e. The molecule has 4 aromatic rings. The third-order valence-electron chi connectivity index (χ3n) is 6.02. The lowest BCUT2D eigenvalue weighted by Crippen LogP contribution is -2.14. The Bertz CT molecular complexity index is 1570. The van der Waals surface area contributed by atoms with Crippen molar-refractivity contribution in [3.63, 3.8) is 0 Å². The first-order valence-electron chi connectivity index (χ1n) is 12.9. The fraction of sp³-hybridized carbons (Fsp3) is 0.152. The predicted octanol–water partition coefficient (Wildman–Crippen LogP) is 8.62. The van der Waals surface area contributed by atoms with E-state index in [1.165, 1.54) is 6.08 Å². The first kappa shape index (κ1) is 29.9. The fourth-order valence-electron chi connectivity index (χ4n) is 3.94. The molecule has 4 aromatic carbocycles. The van der Waals surface area contributed by atoms with Crippen molar-refractivity contribution in [2.45, 2.75) is 27.1 Å². The topological polar surface area (TPSA) is 80.6 Å². The van der Waals surface area contributed by atoms with Gasteiger partial charge in [0.25, 0.3) is 5.91 Å². The fourth-order valence-corrected chi connectivity index (χ4v) is 5.39. The number of hydrogen-bond acceptors (Lipinski definition) is 5. The van der Waals surface area contributed by atoms with Crippen LogP contribution in [-0.2, 0) is 18.0 Å². The Morgan fingerprint density at radius 1 is 0.854 bits per heavy atom. The average Bonchev–Trinajstić information content (AvgIpc) is 2.97. The SMILES string of the molecule is CCOc1cc(COc2c(Br)cc(/C=C(/C#N)C(=O)Nc3ccccc3C)cc2Br)ccc1OCc1ccccc1. The number of amides is 1. The lowest BCUT2D eigenvalue weighted by molar-refractivity contribution is -0.112. The number of nitrogens with zero attached hydrogens (tertiary/aromatic N) is 1. The zero-order valence-corrected chi connectivity index (χ0v) is 25.8. The van der Waals surface area contributed by atoms with E-state index < -0.39 is 5.91 Å². The van der Waals surface area contributed by atoms with Crippen LogP contribution < -0.4 is 19.5 Å². The molecule has 0 saturated heterocycles. The molecule has 1 amide bonds. The summed E-state index contributed by atoms with van der Waals surface area (Å²) in [6.07, 6.45) is 1.54. The highest BCUT2D eigenvalue weighted by Crippen LogP contribution is 2.37. The van der Waals surface area contributed by atoms with Gasteiger partial charge in [-0.15, -0.1) is 0 Å². The van der Waals surface area contributed by atoms with Crippen LogP contribution in [0.4, 0.5) is 5.69 Å². The van der Waals surface area contributed by atoms with E-state index in [9.17, 15) is 10.1 Å². The van der Waals surface area contributed by atoms with Crippen LogP contribution in [0.2, 0.25) is 0 Å². The van der Waals surface area contributed by atoms with Crippen LogP contribution in [0.5, 0.6) is 17.2 Å². The second-order valence-corrected chi connectivity index (χ2v) is 10.7. The molecule has 0 radical (unpaired) electrons. The normalized spacial score (nSPS) is 11.0. The van der Waals surface area contributed by atoms with Gasteiger partial charge >= 0.3 is 0 Å². The van der Waals surface area contributed by atoms with E-state index in [-0.39, 0.29) is 12.2 Å². The van der Waals surface area contributed by atoms with Gasteiger partial charge in [0, 0.05) is 5.69 Å². The molecule has 0 atom stereocenters. The van der Waals surface area contributed by atoms with E-state index in [1.807, 2.05) is 86.6 Å². The van der Waals surface area contributed by atoms with Gasteiger partial charge in [0.2, 0.25) is 0 Å². The zero-order chi connectivity index (χ0) is 29.2. The molecule has 0 heterocycles. The molecular weight excluding hydrogens is 648 g/mol. The summed E-state index contributed by atoms with van der Waals surface area (Å²) in [4.78, 5) is 12.7. The van der Waals surface area contributed by atoms with E-state index >= 15 is 0 Å². The monoisotopic (exact) mass is 674 g/mol. The summed E-state index contributed by atoms with van der Waals surface area (Å²) in [7, 11) is 0. The van der Waals surface area contributed by atoms with Gasteiger partial charge < -0.3 is 19.5 Å². The van der Waals surface area contributed by atoms with Crippen molar-refractivity contribution in [1.29, 1.82) is 5.26 Å². The Morgan fingerprint density at radius 3 is 2.22 bits per heavy atom. The average molecular weight is 676 g/mol.